The molecule has 2 aromatic rings. The zero-order valence-corrected chi connectivity index (χ0v) is 13.8. The number of pyridine rings is 1. The number of aromatic nitrogens is 1. The van der Waals surface area contributed by atoms with Gasteiger partial charge in [-0.3, -0.25) is 10.1 Å². The highest BCUT2D eigenvalue weighted by atomic mass is 32.2. The van der Waals surface area contributed by atoms with E-state index in [4.69, 9.17) is 0 Å². The largest absolute Gasteiger partial charge is 0.353 e. The molecule has 1 N–H and O–H groups in total. The topological polar surface area (TPSA) is 48.5 Å². The normalized spacial score (nSPS) is 21.8. The minimum atomic E-state index is 0.00207. The number of carbonyl (C=O) groups excluding carboxylic acids is 1. The molecule has 1 aromatic heterocycles. The van der Waals surface area contributed by atoms with Crippen LogP contribution in [-0.2, 0) is 4.79 Å². The number of piperazine rings is 1. The maximum absolute atomic E-state index is 12.5. The van der Waals surface area contributed by atoms with Gasteiger partial charge in [0.05, 0.1) is 6.04 Å². The molecule has 0 spiro atoms. The molecule has 1 atom stereocenters. The molecule has 1 aromatic carbocycles. The van der Waals surface area contributed by atoms with Gasteiger partial charge < -0.3 is 9.80 Å². The summed E-state index contributed by atoms with van der Waals surface area (Å²) in [7, 11) is 0. The molecule has 1 unspecified atom stereocenters. The van der Waals surface area contributed by atoms with Crippen LogP contribution in [0, 0.1) is 0 Å². The van der Waals surface area contributed by atoms with Gasteiger partial charge in [-0.2, -0.15) is 0 Å². The Hall–Kier alpha value is -1.79. The fourth-order valence-corrected chi connectivity index (χ4v) is 4.20. The fraction of sp³-hybridized carbons (Fsp3) is 0.412. The van der Waals surface area contributed by atoms with Gasteiger partial charge in [0.2, 0.25) is 5.91 Å². The second-order valence-corrected chi connectivity index (χ2v) is 6.97. The highest BCUT2D eigenvalue weighted by molar-refractivity contribution is 7.99. The standard InChI is InChI=1S/C17H20N4OS/c22-17(15-11-23-12-19-15)21-9-7-20(8-10-21)16-14-4-2-1-3-13(14)5-6-18-16/h1-6,15,19H,7-12H2. The zero-order valence-electron chi connectivity index (χ0n) is 12.9. The van der Waals surface area contributed by atoms with Crippen LogP contribution in [0.2, 0.25) is 0 Å². The molecule has 2 aliphatic heterocycles. The Morgan fingerprint density at radius 1 is 1.17 bits per heavy atom. The summed E-state index contributed by atoms with van der Waals surface area (Å²) in [4.78, 5) is 21.3. The molecule has 5 nitrogen and oxygen atoms in total. The maximum Gasteiger partial charge on any atom is 0.240 e. The van der Waals surface area contributed by atoms with E-state index in [2.05, 4.69) is 39.5 Å². The van der Waals surface area contributed by atoms with E-state index < -0.39 is 0 Å². The van der Waals surface area contributed by atoms with Gasteiger partial charge in [0.15, 0.2) is 0 Å². The highest BCUT2D eigenvalue weighted by Crippen LogP contribution is 2.25. The number of hydrogen-bond donors (Lipinski definition) is 1. The Balaban J connectivity index is 1.47. The van der Waals surface area contributed by atoms with Crippen molar-refractivity contribution in [2.45, 2.75) is 6.04 Å². The molecule has 0 radical (unpaired) electrons. The average Bonchev–Trinajstić information content (AvgIpc) is 3.15. The third-order valence-electron chi connectivity index (χ3n) is 4.56. The van der Waals surface area contributed by atoms with Crippen LogP contribution in [0.5, 0.6) is 0 Å². The fourth-order valence-electron chi connectivity index (χ4n) is 3.27. The van der Waals surface area contributed by atoms with Crippen LogP contribution in [0.3, 0.4) is 0 Å². The van der Waals surface area contributed by atoms with Crippen molar-refractivity contribution in [2.75, 3.05) is 42.7 Å². The molecule has 0 saturated carbocycles. The third kappa shape index (κ3) is 2.88. The summed E-state index contributed by atoms with van der Waals surface area (Å²) in [5.41, 5.74) is 0. The predicted octanol–water partition coefficient (Wildman–Crippen LogP) is 1.55. The van der Waals surface area contributed by atoms with Crippen molar-refractivity contribution in [1.82, 2.24) is 15.2 Å². The monoisotopic (exact) mass is 328 g/mol. The number of amides is 1. The summed E-state index contributed by atoms with van der Waals surface area (Å²) in [6.07, 6.45) is 1.87. The van der Waals surface area contributed by atoms with Crippen LogP contribution in [0.4, 0.5) is 5.82 Å². The Morgan fingerprint density at radius 2 is 2.00 bits per heavy atom. The molecule has 1 amide bonds. The van der Waals surface area contributed by atoms with Crippen molar-refractivity contribution in [3.63, 3.8) is 0 Å². The van der Waals surface area contributed by atoms with Crippen LogP contribution in [-0.4, -0.2) is 59.6 Å². The van der Waals surface area contributed by atoms with Gasteiger partial charge in [0.25, 0.3) is 0 Å². The summed E-state index contributed by atoms with van der Waals surface area (Å²) < 4.78 is 0. The van der Waals surface area contributed by atoms with E-state index in [-0.39, 0.29) is 11.9 Å². The molecule has 0 aliphatic carbocycles. The molecule has 2 fully saturated rings. The van der Waals surface area contributed by atoms with Gasteiger partial charge in [-0.05, 0) is 11.5 Å². The molecule has 120 valence electrons. The summed E-state index contributed by atoms with van der Waals surface area (Å²) in [6.45, 7) is 3.22. The number of nitrogens with one attached hydrogen (secondary N) is 1. The number of anilines is 1. The Morgan fingerprint density at radius 3 is 2.78 bits per heavy atom. The predicted molar refractivity (Wildman–Crippen MR) is 94.8 cm³/mol. The van der Waals surface area contributed by atoms with E-state index in [9.17, 15) is 4.79 Å². The number of carbonyl (C=O) groups is 1. The molecular weight excluding hydrogens is 308 g/mol. The first-order valence-electron chi connectivity index (χ1n) is 8.01. The Bertz CT molecular complexity index is 703. The van der Waals surface area contributed by atoms with Crippen LogP contribution >= 0.6 is 11.8 Å². The summed E-state index contributed by atoms with van der Waals surface area (Å²) in [6, 6.07) is 10.4. The average molecular weight is 328 g/mol. The molecule has 2 saturated heterocycles. The van der Waals surface area contributed by atoms with Gasteiger partial charge in [-0.15, -0.1) is 11.8 Å². The van der Waals surface area contributed by atoms with E-state index in [1.54, 1.807) is 11.8 Å². The van der Waals surface area contributed by atoms with Crippen molar-refractivity contribution >= 4 is 34.3 Å². The number of thioether (sulfide) groups is 1. The van der Waals surface area contributed by atoms with Crippen LogP contribution in [0.1, 0.15) is 0 Å². The highest BCUT2D eigenvalue weighted by Gasteiger charge is 2.30. The lowest BCUT2D eigenvalue weighted by Crippen LogP contribution is -2.53. The first-order valence-corrected chi connectivity index (χ1v) is 9.17. The molecule has 2 aliphatic rings. The first-order chi connectivity index (χ1) is 11.3. The van der Waals surface area contributed by atoms with Crippen molar-refractivity contribution in [1.29, 1.82) is 0 Å². The SMILES string of the molecule is O=C(C1CSCN1)N1CCN(c2nccc3ccccc23)CC1. The summed E-state index contributed by atoms with van der Waals surface area (Å²) >= 11 is 1.79. The van der Waals surface area contributed by atoms with Crippen LogP contribution < -0.4 is 10.2 Å². The first kappa shape index (κ1) is 14.8. The van der Waals surface area contributed by atoms with E-state index >= 15 is 0 Å². The number of fused-ring (bicyclic) bond motifs is 1. The molecule has 4 rings (SSSR count). The van der Waals surface area contributed by atoms with Crippen LogP contribution in [0.25, 0.3) is 10.8 Å². The lowest BCUT2D eigenvalue weighted by Gasteiger charge is -2.36. The lowest BCUT2D eigenvalue weighted by molar-refractivity contribution is -0.132. The number of nitrogens with zero attached hydrogens (tertiary/aromatic N) is 3. The van der Waals surface area contributed by atoms with Gasteiger partial charge in [0, 0.05) is 49.4 Å². The van der Waals surface area contributed by atoms with E-state index in [1.165, 1.54) is 10.8 Å². The minimum Gasteiger partial charge on any atom is -0.353 e. The smallest absolute Gasteiger partial charge is 0.240 e. The van der Waals surface area contributed by atoms with Crippen molar-refractivity contribution < 1.29 is 4.79 Å². The zero-order chi connectivity index (χ0) is 15.6. The van der Waals surface area contributed by atoms with Gasteiger partial charge in [-0.1, -0.05) is 24.3 Å². The maximum atomic E-state index is 12.5. The van der Waals surface area contributed by atoms with E-state index in [0.29, 0.717) is 0 Å². The Kier molecular flexibility index (Phi) is 4.10. The minimum absolute atomic E-state index is 0.00207. The van der Waals surface area contributed by atoms with Crippen LogP contribution in [0.15, 0.2) is 36.5 Å². The summed E-state index contributed by atoms with van der Waals surface area (Å²) in [5, 5.41) is 5.66. The Labute approximate surface area is 140 Å². The molecule has 3 heterocycles. The van der Waals surface area contributed by atoms with Crippen molar-refractivity contribution in [2.24, 2.45) is 0 Å². The number of benzene rings is 1. The second-order valence-electron chi connectivity index (χ2n) is 5.94. The molecule has 6 heteroatoms. The van der Waals surface area contributed by atoms with Gasteiger partial charge in [0.1, 0.15) is 5.82 Å². The molecule has 23 heavy (non-hydrogen) atoms. The van der Waals surface area contributed by atoms with Crippen molar-refractivity contribution in [3.8, 4) is 0 Å². The number of hydrogen-bond acceptors (Lipinski definition) is 5. The van der Waals surface area contributed by atoms with Crippen molar-refractivity contribution in [3.05, 3.63) is 36.5 Å². The third-order valence-corrected chi connectivity index (χ3v) is 5.50. The quantitative estimate of drug-likeness (QED) is 0.906. The lowest BCUT2D eigenvalue weighted by atomic mass is 10.1. The van der Waals surface area contributed by atoms with Gasteiger partial charge in [-0.25, -0.2) is 4.98 Å². The van der Waals surface area contributed by atoms with E-state index in [0.717, 1.165) is 43.6 Å². The molecule has 0 bridgehead atoms. The van der Waals surface area contributed by atoms with E-state index in [1.807, 2.05) is 17.2 Å². The summed E-state index contributed by atoms with van der Waals surface area (Å²) in [5.74, 6) is 3.06. The second kappa shape index (κ2) is 6.37. The molecular formula is C17H20N4OS. The number of rotatable bonds is 2. The van der Waals surface area contributed by atoms with Gasteiger partial charge >= 0.3 is 0 Å².